The van der Waals surface area contributed by atoms with Crippen molar-refractivity contribution in [3.05, 3.63) is 70.8 Å². The minimum Gasteiger partial charge on any atom is -0.508 e. The third-order valence-corrected chi connectivity index (χ3v) is 10.8. The Balaban J connectivity index is 1.51. The number of aromatic hydroxyl groups is 1. The molecule has 3 fully saturated rings. The lowest BCUT2D eigenvalue weighted by atomic mass is 9.56. The number of amides is 4. The van der Waals surface area contributed by atoms with E-state index < -0.39 is 63.0 Å². The van der Waals surface area contributed by atoms with Crippen LogP contribution in [0.4, 0.5) is 5.69 Å². The number of phenolic OH excluding ortho intramolecular Hbond substituents is 1. The number of phenols is 1. The van der Waals surface area contributed by atoms with Crippen LogP contribution in [-0.2, 0) is 19.2 Å². The number of nitrogens with zero attached hydrogens (tertiary/aromatic N) is 2. The van der Waals surface area contributed by atoms with Crippen molar-refractivity contribution >= 4 is 74.4 Å². The van der Waals surface area contributed by atoms with Gasteiger partial charge in [0.25, 0.3) is 11.8 Å². The molecule has 4 aliphatic rings. The second-order valence-corrected chi connectivity index (χ2v) is 12.6. The lowest BCUT2D eigenvalue weighted by Crippen LogP contribution is -2.60. The summed E-state index contributed by atoms with van der Waals surface area (Å²) in [7, 11) is 0. The van der Waals surface area contributed by atoms with Crippen molar-refractivity contribution in [2.24, 2.45) is 17.8 Å². The zero-order valence-corrected chi connectivity index (χ0v) is 24.6. The maximum atomic E-state index is 14.0. The van der Waals surface area contributed by atoms with Crippen LogP contribution in [0.25, 0.3) is 0 Å². The molecule has 2 aromatic carbocycles. The molecule has 41 heavy (non-hydrogen) atoms. The number of rotatable bonds is 4. The molecule has 0 unspecified atom stereocenters. The predicted octanol–water partition coefficient (Wildman–Crippen LogP) is 4.31. The molecule has 212 valence electrons. The summed E-state index contributed by atoms with van der Waals surface area (Å²) in [5.41, 5.74) is 1.62. The van der Waals surface area contributed by atoms with Crippen LogP contribution in [0.1, 0.15) is 40.2 Å². The number of carbonyl (C=O) groups excluding carboxylic acids is 4. The summed E-state index contributed by atoms with van der Waals surface area (Å²) in [6.45, 7) is 1.69. The van der Waals surface area contributed by atoms with Crippen LogP contribution in [0.3, 0.4) is 0 Å². The largest absolute Gasteiger partial charge is 0.508 e. The Hall–Kier alpha value is -3.21. The van der Waals surface area contributed by atoms with E-state index in [9.17, 15) is 34.2 Å². The highest BCUT2D eigenvalue weighted by atomic mass is 79.9. The molecule has 2 saturated heterocycles. The second-order valence-electron chi connectivity index (χ2n) is 10.9. The highest BCUT2D eigenvalue weighted by Gasteiger charge is 2.76. The molecular weight excluding hydrogens is 639 g/mol. The molecular formula is C29H23BrCl2N2O7. The number of alkyl halides is 3. The first-order chi connectivity index (χ1) is 19.4. The number of anilines is 1. The summed E-state index contributed by atoms with van der Waals surface area (Å²) in [4.78, 5) is 64.8. The topological polar surface area (TPSA) is 132 Å². The quantitative estimate of drug-likeness (QED) is 0.216. The van der Waals surface area contributed by atoms with Gasteiger partial charge in [0.05, 0.1) is 28.5 Å². The lowest BCUT2D eigenvalue weighted by molar-refractivity contribution is -0.138. The van der Waals surface area contributed by atoms with Gasteiger partial charge >= 0.3 is 5.97 Å². The minimum absolute atomic E-state index is 0.0336. The minimum atomic E-state index is -1.93. The van der Waals surface area contributed by atoms with E-state index in [1.54, 1.807) is 19.1 Å². The van der Waals surface area contributed by atoms with Gasteiger partial charge in [-0.1, -0.05) is 45.8 Å². The molecule has 9 nitrogen and oxygen atoms in total. The zero-order chi connectivity index (χ0) is 29.6. The van der Waals surface area contributed by atoms with Gasteiger partial charge < -0.3 is 10.2 Å². The van der Waals surface area contributed by atoms with Crippen LogP contribution in [0, 0.1) is 24.7 Å². The number of aromatic carboxylic acids is 1. The third-order valence-electron chi connectivity index (χ3n) is 8.92. The fourth-order valence-corrected chi connectivity index (χ4v) is 8.44. The molecule has 0 radical (unpaired) electrons. The van der Waals surface area contributed by atoms with E-state index in [4.69, 9.17) is 23.2 Å². The van der Waals surface area contributed by atoms with Gasteiger partial charge in [0.2, 0.25) is 11.8 Å². The number of allylic oxidation sites excluding steroid dienone is 2. The summed E-state index contributed by atoms with van der Waals surface area (Å²) >= 11 is 17.6. The molecule has 1 saturated carbocycles. The van der Waals surface area contributed by atoms with Gasteiger partial charge in [-0.05, 0) is 61.1 Å². The Morgan fingerprint density at radius 1 is 1.05 bits per heavy atom. The van der Waals surface area contributed by atoms with Gasteiger partial charge in [-0.25, -0.2) is 4.79 Å². The van der Waals surface area contributed by atoms with E-state index in [-0.39, 0.29) is 35.3 Å². The van der Waals surface area contributed by atoms with Crippen LogP contribution in [0.15, 0.2) is 54.1 Å². The molecule has 2 heterocycles. The number of carbonyl (C=O) groups is 5. The molecule has 0 aromatic heterocycles. The number of carboxylic acid groups (broad SMARTS) is 1. The molecule has 2 aromatic rings. The lowest BCUT2D eigenvalue weighted by Gasteiger charge is -2.50. The molecule has 2 aliphatic heterocycles. The van der Waals surface area contributed by atoms with Crippen molar-refractivity contribution < 1.29 is 34.2 Å². The van der Waals surface area contributed by atoms with Crippen molar-refractivity contribution in [2.45, 2.75) is 35.4 Å². The summed E-state index contributed by atoms with van der Waals surface area (Å²) in [5, 5.41) is 19.6. The first-order valence-electron chi connectivity index (χ1n) is 12.9. The fourth-order valence-electron chi connectivity index (χ4n) is 7.02. The maximum Gasteiger partial charge on any atom is 0.335 e. The van der Waals surface area contributed by atoms with E-state index >= 15 is 0 Å². The monoisotopic (exact) mass is 660 g/mol. The summed E-state index contributed by atoms with van der Waals surface area (Å²) < 4.78 is 0. The molecule has 6 rings (SSSR count). The average Bonchev–Trinajstić information content (AvgIpc) is 3.28. The summed E-state index contributed by atoms with van der Waals surface area (Å²) in [5.74, 6) is -6.87. The van der Waals surface area contributed by atoms with Crippen LogP contribution in [0.5, 0.6) is 5.75 Å². The molecule has 0 bridgehead atoms. The predicted molar refractivity (Wildman–Crippen MR) is 152 cm³/mol. The Morgan fingerprint density at radius 2 is 1.78 bits per heavy atom. The number of aryl methyl sites for hydroxylation is 1. The van der Waals surface area contributed by atoms with Crippen LogP contribution in [-0.4, -0.2) is 59.9 Å². The number of carboxylic acids is 1. The Bertz CT molecular complexity index is 1610. The van der Waals surface area contributed by atoms with Crippen molar-refractivity contribution in [1.29, 1.82) is 0 Å². The Kier molecular flexibility index (Phi) is 6.41. The molecule has 6 atom stereocenters. The van der Waals surface area contributed by atoms with Gasteiger partial charge in [-0.3, -0.25) is 29.0 Å². The smallest absolute Gasteiger partial charge is 0.335 e. The number of likely N-dealkylation sites (tertiary alicyclic amines) is 1. The maximum absolute atomic E-state index is 14.0. The van der Waals surface area contributed by atoms with Crippen molar-refractivity contribution in [2.75, 3.05) is 10.4 Å². The molecule has 12 heteroatoms. The molecule has 2 aliphatic carbocycles. The summed E-state index contributed by atoms with van der Waals surface area (Å²) in [6.07, 6.45) is 1.83. The van der Waals surface area contributed by atoms with E-state index in [2.05, 4.69) is 15.9 Å². The van der Waals surface area contributed by atoms with Gasteiger partial charge in [0.15, 0.2) is 9.75 Å². The third kappa shape index (κ3) is 3.63. The Labute approximate surface area is 252 Å². The second kappa shape index (κ2) is 9.40. The highest BCUT2D eigenvalue weighted by Crippen LogP contribution is 2.65. The van der Waals surface area contributed by atoms with E-state index in [1.165, 1.54) is 30.3 Å². The van der Waals surface area contributed by atoms with Crippen molar-refractivity contribution in [1.82, 2.24) is 4.90 Å². The number of hydrogen-bond donors (Lipinski definition) is 2. The molecule has 4 amide bonds. The number of fused-ring (bicyclic) bond motifs is 4. The first kappa shape index (κ1) is 27.9. The SMILES string of the molecule is Cc1cc([C@H]2C3=CC[C@@H]4C(=O)N(c5cccc(C(=O)O)c5)C(=O)[C@@H]4[C@@H]3C[C@@]3(Cl)C(=O)N(CBr)C(=O)[C@@]23Cl)ccc1O. The van der Waals surface area contributed by atoms with Crippen molar-refractivity contribution in [3.63, 3.8) is 0 Å². The highest BCUT2D eigenvalue weighted by molar-refractivity contribution is 9.09. The Morgan fingerprint density at radius 3 is 2.44 bits per heavy atom. The van der Waals surface area contributed by atoms with Gasteiger partial charge in [0, 0.05) is 5.92 Å². The fraction of sp³-hybridized carbons (Fsp3) is 0.345. The first-order valence-corrected chi connectivity index (χ1v) is 14.7. The number of halogens is 3. The normalized spacial score (nSPS) is 32.5. The van der Waals surface area contributed by atoms with E-state index in [0.717, 1.165) is 9.80 Å². The number of benzene rings is 2. The van der Waals surface area contributed by atoms with E-state index in [0.29, 0.717) is 16.7 Å². The molecule has 0 spiro atoms. The standard InChI is InChI=1S/C29H23BrCl2N2O7/c1-13-9-14(5-8-20(13)35)22-17-6-7-18-21(19(17)11-28(31)26(40)33(12-30)27(41)29(22,28)32)24(37)34(23(18)36)16-4-2-3-15(10-16)25(38)39/h2-6,8-10,18-19,21-22,35H,7,11-12H2,1H3,(H,38,39)/t18-,19+,21-,22-,28+,29-/m0/s1. The number of hydrogen-bond acceptors (Lipinski definition) is 6. The van der Waals surface area contributed by atoms with E-state index in [1.807, 2.05) is 6.08 Å². The zero-order valence-electron chi connectivity index (χ0n) is 21.5. The van der Waals surface area contributed by atoms with Crippen LogP contribution in [0.2, 0.25) is 0 Å². The van der Waals surface area contributed by atoms with Crippen molar-refractivity contribution in [3.8, 4) is 5.75 Å². The average molecular weight is 662 g/mol. The van der Waals surface area contributed by atoms with Gasteiger partial charge in [-0.15, -0.1) is 23.2 Å². The number of imide groups is 2. The summed E-state index contributed by atoms with van der Waals surface area (Å²) in [6, 6.07) is 10.4. The van der Waals surface area contributed by atoms with Gasteiger partial charge in [-0.2, -0.15) is 0 Å². The van der Waals surface area contributed by atoms with Gasteiger partial charge in [0.1, 0.15) is 5.75 Å². The van der Waals surface area contributed by atoms with Crippen LogP contribution < -0.4 is 4.90 Å². The molecule has 2 N–H and O–H groups in total. The van der Waals surface area contributed by atoms with Crippen LogP contribution >= 0.6 is 39.1 Å².